The lowest BCUT2D eigenvalue weighted by atomic mass is 10.1. The topological polar surface area (TPSA) is 75.9 Å². The largest absolute Gasteiger partial charge is 0.573 e. The smallest absolute Gasteiger partial charge is 0.406 e. The molecule has 1 saturated heterocycles. The van der Waals surface area contributed by atoms with Gasteiger partial charge in [-0.1, -0.05) is 12.1 Å². The molecule has 2 atom stereocenters. The molecule has 9 heteroatoms. The maximum Gasteiger partial charge on any atom is 0.573 e. The quantitative estimate of drug-likeness (QED) is 0.786. The van der Waals surface area contributed by atoms with Crippen molar-refractivity contribution in [3.05, 3.63) is 59.7 Å². The molecule has 0 spiro atoms. The van der Waals surface area contributed by atoms with Gasteiger partial charge < -0.3 is 20.3 Å². The fraction of sp³-hybridized carbons (Fsp3) is 0.364. The highest BCUT2D eigenvalue weighted by Crippen LogP contribution is 2.49. The summed E-state index contributed by atoms with van der Waals surface area (Å²) in [7, 11) is 0. The number of primary amides is 1. The number of hydrogen-bond acceptors (Lipinski definition) is 4. The molecule has 2 aromatic carbocycles. The summed E-state index contributed by atoms with van der Waals surface area (Å²) in [6.45, 7) is 2.56. The summed E-state index contributed by atoms with van der Waals surface area (Å²) in [5.41, 5.74) is 7.54. The molecule has 2 N–H and O–H groups in total. The van der Waals surface area contributed by atoms with Crippen molar-refractivity contribution in [3.8, 4) is 5.75 Å². The average molecular weight is 433 g/mol. The van der Waals surface area contributed by atoms with Gasteiger partial charge in [0.1, 0.15) is 5.75 Å². The highest BCUT2D eigenvalue weighted by Gasteiger charge is 2.46. The second kappa shape index (κ2) is 8.13. The number of rotatable bonds is 5. The highest BCUT2D eigenvalue weighted by molar-refractivity contribution is 5.93. The van der Waals surface area contributed by atoms with Gasteiger partial charge in [-0.25, -0.2) is 0 Å². The number of hydrogen-bond donors (Lipinski definition) is 1. The Labute approximate surface area is 177 Å². The monoisotopic (exact) mass is 433 g/mol. The van der Waals surface area contributed by atoms with Crippen LogP contribution in [-0.2, 0) is 4.79 Å². The molecule has 1 saturated carbocycles. The van der Waals surface area contributed by atoms with Crippen molar-refractivity contribution in [2.45, 2.75) is 18.7 Å². The Kier molecular flexibility index (Phi) is 5.51. The Morgan fingerprint density at radius 1 is 0.935 bits per heavy atom. The molecule has 0 radical (unpaired) electrons. The van der Waals surface area contributed by atoms with Crippen LogP contribution in [0.3, 0.4) is 0 Å². The van der Waals surface area contributed by atoms with E-state index in [4.69, 9.17) is 5.73 Å². The molecule has 164 valence electrons. The highest BCUT2D eigenvalue weighted by atomic mass is 19.4. The second-order valence-electron chi connectivity index (χ2n) is 7.79. The first kappa shape index (κ1) is 21.0. The van der Waals surface area contributed by atoms with E-state index in [1.807, 2.05) is 17.0 Å². The molecular formula is C22H22F3N3O3. The van der Waals surface area contributed by atoms with Crippen LogP contribution in [-0.4, -0.2) is 49.3 Å². The number of nitrogens with zero attached hydrogens (tertiary/aromatic N) is 2. The van der Waals surface area contributed by atoms with Gasteiger partial charge in [0.2, 0.25) is 11.8 Å². The number of alkyl halides is 3. The van der Waals surface area contributed by atoms with Crippen LogP contribution >= 0.6 is 0 Å². The van der Waals surface area contributed by atoms with Gasteiger partial charge in [-0.05, 0) is 54.3 Å². The van der Waals surface area contributed by atoms with Crippen molar-refractivity contribution in [2.75, 3.05) is 31.1 Å². The van der Waals surface area contributed by atoms with E-state index in [0.29, 0.717) is 38.2 Å². The third kappa shape index (κ3) is 4.92. The zero-order chi connectivity index (χ0) is 22.2. The van der Waals surface area contributed by atoms with Gasteiger partial charge in [0.05, 0.1) is 0 Å². The van der Waals surface area contributed by atoms with Gasteiger partial charge in [-0.15, -0.1) is 13.2 Å². The molecule has 2 amide bonds. The molecule has 0 unspecified atom stereocenters. The maximum absolute atomic E-state index is 12.8. The molecule has 0 aromatic heterocycles. The van der Waals surface area contributed by atoms with Crippen LogP contribution in [0.5, 0.6) is 5.75 Å². The number of carbonyl (C=O) groups excluding carboxylic acids is 2. The van der Waals surface area contributed by atoms with Crippen LogP contribution in [0.15, 0.2) is 48.5 Å². The average Bonchev–Trinajstić information content (AvgIpc) is 3.54. The van der Waals surface area contributed by atoms with Crippen LogP contribution in [0.4, 0.5) is 18.9 Å². The van der Waals surface area contributed by atoms with Gasteiger partial charge in [0, 0.05) is 43.3 Å². The van der Waals surface area contributed by atoms with Crippen LogP contribution < -0.4 is 15.4 Å². The first-order chi connectivity index (χ1) is 14.7. The number of ether oxygens (including phenoxy) is 1. The van der Waals surface area contributed by atoms with Crippen molar-refractivity contribution in [1.82, 2.24) is 4.90 Å². The number of piperazine rings is 1. The number of halogens is 3. The van der Waals surface area contributed by atoms with E-state index in [0.717, 1.165) is 11.3 Å². The Morgan fingerprint density at radius 2 is 1.55 bits per heavy atom. The van der Waals surface area contributed by atoms with E-state index in [-0.39, 0.29) is 23.5 Å². The molecule has 2 aliphatic rings. The maximum atomic E-state index is 12.8. The minimum absolute atomic E-state index is 0.0341. The molecule has 2 aromatic rings. The van der Waals surface area contributed by atoms with Crippen LogP contribution in [0.2, 0.25) is 0 Å². The van der Waals surface area contributed by atoms with Crippen molar-refractivity contribution >= 4 is 17.5 Å². The van der Waals surface area contributed by atoms with Crippen molar-refractivity contribution in [3.63, 3.8) is 0 Å². The molecule has 1 heterocycles. The van der Waals surface area contributed by atoms with Gasteiger partial charge in [0.15, 0.2) is 0 Å². The number of amides is 2. The number of carbonyl (C=O) groups is 2. The zero-order valence-electron chi connectivity index (χ0n) is 16.6. The Balaban J connectivity index is 1.29. The number of benzene rings is 2. The fourth-order valence-corrected chi connectivity index (χ4v) is 4.01. The summed E-state index contributed by atoms with van der Waals surface area (Å²) in [6.07, 6.45) is -4.02. The molecule has 0 bridgehead atoms. The molecular weight excluding hydrogens is 411 g/mol. The van der Waals surface area contributed by atoms with Crippen LogP contribution in [0.25, 0.3) is 0 Å². The summed E-state index contributed by atoms with van der Waals surface area (Å²) in [5.74, 6) is -0.741. The lowest BCUT2D eigenvalue weighted by Gasteiger charge is -2.36. The fourth-order valence-electron chi connectivity index (χ4n) is 4.01. The summed E-state index contributed by atoms with van der Waals surface area (Å²) < 4.78 is 40.7. The summed E-state index contributed by atoms with van der Waals surface area (Å²) >= 11 is 0. The number of nitrogens with two attached hydrogens (primary N) is 1. The predicted molar refractivity (Wildman–Crippen MR) is 108 cm³/mol. The van der Waals surface area contributed by atoms with E-state index in [9.17, 15) is 22.8 Å². The normalized spacial score (nSPS) is 21.0. The minimum Gasteiger partial charge on any atom is -0.406 e. The SMILES string of the molecule is NC(=O)c1ccc(N2CCN(C(=O)[C@@H]3C[C@H]3c3ccc(OC(F)(F)F)cc3)CC2)cc1. The van der Waals surface area contributed by atoms with E-state index < -0.39 is 12.3 Å². The van der Waals surface area contributed by atoms with Crippen molar-refractivity contribution in [2.24, 2.45) is 11.7 Å². The predicted octanol–water partition coefficient (Wildman–Crippen LogP) is 3.14. The zero-order valence-corrected chi connectivity index (χ0v) is 16.6. The molecule has 1 aliphatic carbocycles. The van der Waals surface area contributed by atoms with Gasteiger partial charge >= 0.3 is 6.36 Å². The second-order valence-corrected chi connectivity index (χ2v) is 7.79. The Morgan fingerprint density at radius 3 is 2.10 bits per heavy atom. The van der Waals surface area contributed by atoms with Gasteiger partial charge in [0.25, 0.3) is 0 Å². The van der Waals surface area contributed by atoms with E-state index in [1.165, 1.54) is 12.1 Å². The van der Waals surface area contributed by atoms with Crippen molar-refractivity contribution in [1.29, 1.82) is 0 Å². The molecule has 2 fully saturated rings. The van der Waals surface area contributed by atoms with Crippen LogP contribution in [0.1, 0.15) is 28.3 Å². The summed E-state index contributed by atoms with van der Waals surface area (Å²) in [6, 6.07) is 12.8. The first-order valence-corrected chi connectivity index (χ1v) is 10.0. The van der Waals surface area contributed by atoms with E-state index >= 15 is 0 Å². The third-order valence-electron chi connectivity index (χ3n) is 5.76. The van der Waals surface area contributed by atoms with E-state index in [2.05, 4.69) is 9.64 Å². The van der Waals surface area contributed by atoms with E-state index in [1.54, 1.807) is 24.3 Å². The molecule has 31 heavy (non-hydrogen) atoms. The molecule has 1 aliphatic heterocycles. The standard InChI is InChI=1S/C22H22F3N3O3/c23-22(24,25)31-17-7-3-14(4-8-17)18-13-19(18)21(30)28-11-9-27(10-12-28)16-5-1-15(2-6-16)20(26)29/h1-8,18-19H,9-13H2,(H2,26,29)/t18-,19+/m0/s1. The summed E-state index contributed by atoms with van der Waals surface area (Å²) in [4.78, 5) is 28.0. The van der Waals surface area contributed by atoms with Crippen molar-refractivity contribution < 1.29 is 27.5 Å². The Bertz CT molecular complexity index is 953. The first-order valence-electron chi connectivity index (χ1n) is 10.0. The molecule has 4 rings (SSSR count). The van der Waals surface area contributed by atoms with Crippen LogP contribution in [0, 0.1) is 5.92 Å². The van der Waals surface area contributed by atoms with Gasteiger partial charge in [-0.3, -0.25) is 9.59 Å². The Hall–Kier alpha value is -3.23. The number of anilines is 1. The third-order valence-corrected chi connectivity index (χ3v) is 5.76. The minimum atomic E-state index is -4.72. The lowest BCUT2D eigenvalue weighted by Crippen LogP contribution is -2.49. The summed E-state index contributed by atoms with van der Waals surface area (Å²) in [5, 5.41) is 0. The molecule has 6 nitrogen and oxygen atoms in total. The lowest BCUT2D eigenvalue weighted by molar-refractivity contribution is -0.274. The van der Waals surface area contributed by atoms with Gasteiger partial charge in [-0.2, -0.15) is 0 Å².